The van der Waals surface area contributed by atoms with E-state index >= 15 is 0 Å². The Morgan fingerprint density at radius 1 is 1.55 bits per heavy atom. The van der Waals surface area contributed by atoms with Gasteiger partial charge in [-0.15, -0.1) is 5.10 Å². The average molecular weight is 276 g/mol. The van der Waals surface area contributed by atoms with E-state index in [1.807, 2.05) is 20.2 Å². The predicted octanol–water partition coefficient (Wildman–Crippen LogP) is 1.47. The van der Waals surface area contributed by atoms with Gasteiger partial charge < -0.3 is 5.32 Å². The molecule has 1 N–H and O–H groups in total. The smallest absolute Gasteiger partial charge is 0.290 e. The summed E-state index contributed by atoms with van der Waals surface area (Å²) in [7, 11) is 1.82. The standard InChI is InChI=1S/C12H16N6O2/c1-8-4-12(13-6-11(8)18(19)20)14-9(2)5-10-7-17(3)16-15-10/h4,6-7,9H,5H2,1-3H3,(H,13,14)/t9-/m1/s1. The van der Waals surface area contributed by atoms with E-state index in [2.05, 4.69) is 20.6 Å². The molecule has 0 unspecified atom stereocenters. The van der Waals surface area contributed by atoms with Crippen LogP contribution in [0.1, 0.15) is 18.2 Å². The summed E-state index contributed by atoms with van der Waals surface area (Å²) >= 11 is 0. The van der Waals surface area contributed by atoms with Gasteiger partial charge >= 0.3 is 0 Å². The summed E-state index contributed by atoms with van der Waals surface area (Å²) in [5.74, 6) is 0.615. The highest BCUT2D eigenvalue weighted by Gasteiger charge is 2.13. The van der Waals surface area contributed by atoms with Crippen molar-refractivity contribution >= 4 is 11.5 Å². The van der Waals surface area contributed by atoms with Gasteiger partial charge in [-0.2, -0.15) is 0 Å². The molecule has 0 saturated heterocycles. The lowest BCUT2D eigenvalue weighted by Crippen LogP contribution is -2.19. The zero-order chi connectivity index (χ0) is 14.7. The van der Waals surface area contributed by atoms with Gasteiger partial charge in [0.25, 0.3) is 5.69 Å². The van der Waals surface area contributed by atoms with Crippen LogP contribution in [0.4, 0.5) is 11.5 Å². The Labute approximate surface area is 116 Å². The third-order valence-corrected chi connectivity index (χ3v) is 2.84. The van der Waals surface area contributed by atoms with Crippen molar-refractivity contribution in [3.8, 4) is 0 Å². The minimum atomic E-state index is -0.435. The molecule has 2 rings (SSSR count). The van der Waals surface area contributed by atoms with Gasteiger partial charge in [-0.3, -0.25) is 14.8 Å². The molecule has 20 heavy (non-hydrogen) atoms. The van der Waals surface area contributed by atoms with Crippen molar-refractivity contribution in [2.75, 3.05) is 5.32 Å². The number of nitro groups is 1. The van der Waals surface area contributed by atoms with Gasteiger partial charge in [0, 0.05) is 31.3 Å². The summed E-state index contributed by atoms with van der Waals surface area (Å²) in [4.78, 5) is 14.3. The highest BCUT2D eigenvalue weighted by molar-refractivity contribution is 5.47. The van der Waals surface area contributed by atoms with E-state index in [0.717, 1.165) is 5.69 Å². The molecular weight excluding hydrogens is 260 g/mol. The second-order valence-electron chi connectivity index (χ2n) is 4.75. The van der Waals surface area contributed by atoms with E-state index in [-0.39, 0.29) is 11.7 Å². The Kier molecular flexibility index (Phi) is 3.92. The molecule has 8 nitrogen and oxygen atoms in total. The lowest BCUT2D eigenvalue weighted by atomic mass is 10.2. The number of aromatic nitrogens is 4. The summed E-state index contributed by atoms with van der Waals surface area (Å²) in [6, 6.07) is 1.77. The highest BCUT2D eigenvalue weighted by Crippen LogP contribution is 2.19. The molecule has 8 heteroatoms. The fourth-order valence-electron chi connectivity index (χ4n) is 1.92. The first-order valence-electron chi connectivity index (χ1n) is 6.18. The number of pyridine rings is 1. The topological polar surface area (TPSA) is 98.8 Å². The summed E-state index contributed by atoms with van der Waals surface area (Å²) in [5, 5.41) is 21.8. The zero-order valence-electron chi connectivity index (χ0n) is 11.6. The van der Waals surface area contributed by atoms with Gasteiger partial charge in [0.15, 0.2) is 0 Å². The van der Waals surface area contributed by atoms with Crippen LogP contribution in [-0.4, -0.2) is 30.9 Å². The van der Waals surface area contributed by atoms with E-state index in [1.54, 1.807) is 17.7 Å². The number of anilines is 1. The maximum atomic E-state index is 10.7. The Balaban J connectivity index is 2.02. The van der Waals surface area contributed by atoms with Gasteiger partial charge in [-0.1, -0.05) is 5.21 Å². The molecule has 0 aliphatic rings. The van der Waals surface area contributed by atoms with Crippen molar-refractivity contribution in [2.45, 2.75) is 26.3 Å². The van der Waals surface area contributed by atoms with Crippen molar-refractivity contribution < 1.29 is 4.92 Å². The van der Waals surface area contributed by atoms with E-state index in [1.165, 1.54) is 6.20 Å². The molecule has 0 aromatic carbocycles. The van der Waals surface area contributed by atoms with Crippen molar-refractivity contribution in [1.82, 2.24) is 20.0 Å². The molecule has 106 valence electrons. The molecule has 0 saturated carbocycles. The Morgan fingerprint density at radius 2 is 2.30 bits per heavy atom. The first kappa shape index (κ1) is 13.9. The summed E-state index contributed by atoms with van der Waals surface area (Å²) in [6.07, 6.45) is 3.82. The van der Waals surface area contributed by atoms with Crippen molar-refractivity contribution in [3.63, 3.8) is 0 Å². The van der Waals surface area contributed by atoms with Crippen LogP contribution < -0.4 is 5.32 Å². The molecule has 0 amide bonds. The average Bonchev–Trinajstić information content (AvgIpc) is 2.74. The lowest BCUT2D eigenvalue weighted by molar-refractivity contribution is -0.385. The van der Waals surface area contributed by atoms with Gasteiger partial charge in [-0.25, -0.2) is 4.98 Å². The maximum Gasteiger partial charge on any atom is 0.290 e. The summed E-state index contributed by atoms with van der Waals surface area (Å²) in [6.45, 7) is 3.69. The molecule has 0 spiro atoms. The molecule has 0 bridgehead atoms. The zero-order valence-corrected chi connectivity index (χ0v) is 11.6. The Bertz CT molecular complexity index is 624. The fourth-order valence-corrected chi connectivity index (χ4v) is 1.92. The van der Waals surface area contributed by atoms with Crippen LogP contribution in [0.2, 0.25) is 0 Å². The molecule has 0 aliphatic carbocycles. The molecule has 2 aromatic heterocycles. The van der Waals surface area contributed by atoms with Gasteiger partial charge in [0.2, 0.25) is 0 Å². The highest BCUT2D eigenvalue weighted by atomic mass is 16.6. The van der Waals surface area contributed by atoms with E-state index in [4.69, 9.17) is 0 Å². The van der Waals surface area contributed by atoms with Crippen LogP contribution in [0.3, 0.4) is 0 Å². The first-order valence-corrected chi connectivity index (χ1v) is 6.18. The fraction of sp³-hybridized carbons (Fsp3) is 0.417. The number of rotatable bonds is 5. The van der Waals surface area contributed by atoms with Crippen molar-refractivity contribution in [3.05, 3.63) is 39.8 Å². The predicted molar refractivity (Wildman–Crippen MR) is 73.4 cm³/mol. The van der Waals surface area contributed by atoms with E-state index in [0.29, 0.717) is 17.8 Å². The van der Waals surface area contributed by atoms with Crippen molar-refractivity contribution in [1.29, 1.82) is 0 Å². The van der Waals surface area contributed by atoms with Gasteiger partial charge in [0.05, 0.1) is 10.6 Å². The summed E-state index contributed by atoms with van der Waals surface area (Å²) in [5.41, 5.74) is 1.49. The SMILES string of the molecule is Cc1cc(N[C@H](C)Cc2cn(C)nn2)ncc1[N+](=O)[O-]. The van der Waals surface area contributed by atoms with Crippen LogP contribution in [0, 0.1) is 17.0 Å². The maximum absolute atomic E-state index is 10.7. The number of aryl methyl sites for hydroxylation is 2. The molecule has 0 radical (unpaired) electrons. The molecule has 1 atom stereocenters. The van der Waals surface area contributed by atoms with Crippen molar-refractivity contribution in [2.24, 2.45) is 7.05 Å². The minimum Gasteiger partial charge on any atom is -0.367 e. The van der Waals surface area contributed by atoms with E-state index in [9.17, 15) is 10.1 Å². The van der Waals surface area contributed by atoms with Crippen LogP contribution >= 0.6 is 0 Å². The molecule has 0 aliphatic heterocycles. The van der Waals surface area contributed by atoms with Gasteiger partial charge in [-0.05, 0) is 19.9 Å². The third-order valence-electron chi connectivity index (χ3n) is 2.84. The van der Waals surface area contributed by atoms with Crippen LogP contribution in [0.15, 0.2) is 18.5 Å². The van der Waals surface area contributed by atoms with Crippen LogP contribution in [0.25, 0.3) is 0 Å². The third kappa shape index (κ3) is 3.28. The number of hydrogen-bond acceptors (Lipinski definition) is 6. The lowest BCUT2D eigenvalue weighted by Gasteiger charge is -2.13. The second-order valence-corrected chi connectivity index (χ2v) is 4.75. The summed E-state index contributed by atoms with van der Waals surface area (Å²) < 4.78 is 1.65. The normalized spacial score (nSPS) is 12.2. The number of nitrogens with one attached hydrogen (secondary N) is 1. The number of nitrogens with zero attached hydrogens (tertiary/aromatic N) is 5. The van der Waals surface area contributed by atoms with Crippen LogP contribution in [-0.2, 0) is 13.5 Å². The number of hydrogen-bond donors (Lipinski definition) is 1. The Hall–Kier alpha value is -2.51. The minimum absolute atomic E-state index is 0.0251. The van der Waals surface area contributed by atoms with E-state index < -0.39 is 4.92 Å². The molecule has 0 fully saturated rings. The largest absolute Gasteiger partial charge is 0.367 e. The molecule has 2 heterocycles. The van der Waals surface area contributed by atoms with Gasteiger partial charge in [0.1, 0.15) is 12.0 Å². The Morgan fingerprint density at radius 3 is 2.85 bits per heavy atom. The quantitative estimate of drug-likeness (QED) is 0.655. The second kappa shape index (κ2) is 5.64. The first-order chi connectivity index (χ1) is 9.45. The molecular formula is C12H16N6O2. The molecule has 2 aromatic rings. The monoisotopic (exact) mass is 276 g/mol. The van der Waals surface area contributed by atoms with Crippen LogP contribution in [0.5, 0.6) is 0 Å².